The van der Waals surface area contributed by atoms with E-state index in [1.165, 1.54) is 10.4 Å². The molecule has 118 valence electrons. The molecule has 1 aromatic carbocycles. The lowest BCUT2D eigenvalue weighted by Crippen LogP contribution is -2.40. The molecule has 3 N–H and O–H groups in total. The van der Waals surface area contributed by atoms with E-state index < -0.39 is 0 Å². The molecule has 3 nitrogen and oxygen atoms in total. The number of primary amides is 1. The molecule has 0 radical (unpaired) electrons. The fourth-order valence-electron chi connectivity index (χ4n) is 2.45. The van der Waals surface area contributed by atoms with Crippen molar-refractivity contribution in [3.63, 3.8) is 0 Å². The lowest BCUT2D eigenvalue weighted by molar-refractivity contribution is -0.119. The Morgan fingerprint density at radius 3 is 2.36 bits per heavy atom. The second-order valence-corrected chi connectivity index (χ2v) is 7.06. The summed E-state index contributed by atoms with van der Waals surface area (Å²) in [6.45, 7) is 6.24. The van der Waals surface area contributed by atoms with Gasteiger partial charge in [-0.2, -0.15) is 0 Å². The maximum absolute atomic E-state index is 11.4. The van der Waals surface area contributed by atoms with E-state index in [9.17, 15) is 4.79 Å². The van der Waals surface area contributed by atoms with Crippen LogP contribution in [0.5, 0.6) is 0 Å². The number of hydrogen-bond acceptors (Lipinski definition) is 3. The fraction of sp³-hybridized carbons (Fsp3) is 0.389. The summed E-state index contributed by atoms with van der Waals surface area (Å²) >= 11 is 1.68. The normalized spacial score (nSPS) is 14.0. The van der Waals surface area contributed by atoms with Crippen LogP contribution in [0.2, 0.25) is 0 Å². The molecule has 0 saturated carbocycles. The maximum Gasteiger partial charge on any atom is 0.234 e. The average Bonchev–Trinajstić information content (AvgIpc) is 2.98. The first-order chi connectivity index (χ1) is 10.5. The molecule has 4 heteroatoms. The number of benzene rings is 1. The number of hydrogen-bond donors (Lipinski definition) is 2. The summed E-state index contributed by atoms with van der Waals surface area (Å²) in [6, 6.07) is 12.4. The van der Waals surface area contributed by atoms with Crippen LogP contribution in [0.4, 0.5) is 0 Å². The molecule has 0 spiro atoms. The summed E-state index contributed by atoms with van der Waals surface area (Å²) in [5.74, 6) is 0.310. The van der Waals surface area contributed by atoms with Crippen LogP contribution in [0.15, 0.2) is 41.8 Å². The van der Waals surface area contributed by atoms with Gasteiger partial charge in [0.2, 0.25) is 5.91 Å². The van der Waals surface area contributed by atoms with Crippen molar-refractivity contribution in [1.82, 2.24) is 5.32 Å². The van der Waals surface area contributed by atoms with Crippen LogP contribution in [0, 0.1) is 5.92 Å². The molecule has 0 aliphatic rings. The number of carbonyl (C=O) groups excluding carboxylic acids is 1. The van der Waals surface area contributed by atoms with E-state index >= 15 is 0 Å². The van der Waals surface area contributed by atoms with Crippen LogP contribution in [0.25, 0.3) is 0 Å². The Kier molecular flexibility index (Phi) is 5.75. The molecule has 0 aliphatic carbocycles. The summed E-state index contributed by atoms with van der Waals surface area (Å²) in [4.78, 5) is 12.6. The number of nitrogens with one attached hydrogen (secondary N) is 1. The summed E-state index contributed by atoms with van der Waals surface area (Å²) in [5.41, 5.74) is 7.89. The van der Waals surface area contributed by atoms with Crippen molar-refractivity contribution in [3.05, 3.63) is 57.8 Å². The van der Waals surface area contributed by atoms with Crippen molar-refractivity contribution in [2.24, 2.45) is 11.7 Å². The number of thiophene rings is 1. The second-order valence-electron chi connectivity index (χ2n) is 6.08. The van der Waals surface area contributed by atoms with Crippen molar-refractivity contribution in [3.8, 4) is 0 Å². The second kappa shape index (κ2) is 7.56. The molecule has 0 unspecified atom stereocenters. The van der Waals surface area contributed by atoms with E-state index in [4.69, 9.17) is 5.73 Å². The van der Waals surface area contributed by atoms with Crippen LogP contribution >= 0.6 is 11.3 Å². The first-order valence-corrected chi connectivity index (χ1v) is 8.53. The zero-order valence-electron chi connectivity index (χ0n) is 13.4. The Labute approximate surface area is 136 Å². The van der Waals surface area contributed by atoms with E-state index in [1.54, 1.807) is 18.3 Å². The van der Waals surface area contributed by atoms with Crippen molar-refractivity contribution >= 4 is 17.2 Å². The first-order valence-electron chi connectivity index (χ1n) is 7.65. The van der Waals surface area contributed by atoms with Gasteiger partial charge < -0.3 is 5.73 Å². The van der Waals surface area contributed by atoms with Gasteiger partial charge in [0.1, 0.15) is 0 Å². The van der Waals surface area contributed by atoms with Crippen molar-refractivity contribution in [2.75, 3.05) is 0 Å². The molecular formula is C18H24N2OS. The molecule has 0 aliphatic heterocycles. The molecule has 2 rings (SSSR count). The predicted octanol–water partition coefficient (Wildman–Crippen LogP) is 3.50. The van der Waals surface area contributed by atoms with Crippen molar-refractivity contribution in [1.29, 1.82) is 0 Å². The van der Waals surface area contributed by atoms with Crippen LogP contribution in [0.1, 0.15) is 42.8 Å². The summed E-state index contributed by atoms with van der Waals surface area (Å²) < 4.78 is 0. The summed E-state index contributed by atoms with van der Waals surface area (Å²) in [6.07, 6.45) is 1.08. The Bertz CT molecular complexity index is 590. The van der Waals surface area contributed by atoms with E-state index in [0.717, 1.165) is 12.0 Å². The number of amides is 1. The Morgan fingerprint density at radius 1 is 1.18 bits per heavy atom. The summed E-state index contributed by atoms with van der Waals surface area (Å²) in [5, 5.41) is 5.38. The molecular weight excluding hydrogens is 292 g/mol. The SMILES string of the molecule is CC(C)Cc1ccc([C@@H](N[C@H](C)C(N)=O)c2cccs2)cc1. The molecule has 2 aromatic rings. The zero-order chi connectivity index (χ0) is 16.1. The van der Waals surface area contributed by atoms with Crippen molar-refractivity contribution < 1.29 is 4.79 Å². The van der Waals surface area contributed by atoms with Crippen LogP contribution in [-0.4, -0.2) is 11.9 Å². The molecule has 1 heterocycles. The van der Waals surface area contributed by atoms with E-state index in [-0.39, 0.29) is 18.0 Å². The molecule has 1 aromatic heterocycles. The van der Waals surface area contributed by atoms with Gasteiger partial charge in [0.15, 0.2) is 0 Å². The van der Waals surface area contributed by atoms with Gasteiger partial charge in [-0.25, -0.2) is 0 Å². The monoisotopic (exact) mass is 316 g/mol. The minimum absolute atomic E-state index is 0.00407. The van der Waals surface area contributed by atoms with Gasteiger partial charge in [-0.15, -0.1) is 11.3 Å². The molecule has 0 saturated heterocycles. The quantitative estimate of drug-likeness (QED) is 0.821. The fourth-order valence-corrected chi connectivity index (χ4v) is 3.26. The molecule has 1 amide bonds. The highest BCUT2D eigenvalue weighted by atomic mass is 32.1. The third-order valence-corrected chi connectivity index (χ3v) is 4.57. The van der Waals surface area contributed by atoms with Gasteiger partial charge in [-0.05, 0) is 41.8 Å². The Balaban J connectivity index is 2.23. The van der Waals surface area contributed by atoms with Gasteiger partial charge >= 0.3 is 0 Å². The minimum atomic E-state index is -0.373. The van der Waals surface area contributed by atoms with Gasteiger partial charge in [-0.1, -0.05) is 44.2 Å². The third kappa shape index (κ3) is 4.42. The Hall–Kier alpha value is -1.65. The number of rotatable bonds is 7. The van der Waals surface area contributed by atoms with Crippen LogP contribution in [-0.2, 0) is 11.2 Å². The van der Waals surface area contributed by atoms with Crippen LogP contribution < -0.4 is 11.1 Å². The molecule has 0 fully saturated rings. The Morgan fingerprint density at radius 2 is 1.86 bits per heavy atom. The largest absolute Gasteiger partial charge is 0.368 e. The molecule has 2 atom stereocenters. The van der Waals surface area contributed by atoms with Gasteiger partial charge in [0, 0.05) is 4.88 Å². The van der Waals surface area contributed by atoms with Crippen LogP contribution in [0.3, 0.4) is 0 Å². The number of nitrogens with two attached hydrogens (primary N) is 1. The van der Waals surface area contributed by atoms with Crippen molar-refractivity contribution in [2.45, 2.75) is 39.3 Å². The third-order valence-electron chi connectivity index (χ3n) is 3.63. The molecule has 22 heavy (non-hydrogen) atoms. The minimum Gasteiger partial charge on any atom is -0.368 e. The smallest absolute Gasteiger partial charge is 0.234 e. The zero-order valence-corrected chi connectivity index (χ0v) is 14.2. The lowest BCUT2D eigenvalue weighted by atomic mass is 9.98. The standard InChI is InChI=1S/C18H24N2OS/c1-12(2)11-14-6-8-15(9-7-14)17(16-5-4-10-22-16)20-13(3)18(19)21/h4-10,12-13,17,20H,11H2,1-3H3,(H2,19,21)/t13-,17-/m1/s1. The van der Waals surface area contributed by atoms with E-state index in [0.29, 0.717) is 5.92 Å². The number of carbonyl (C=O) groups is 1. The van der Waals surface area contributed by atoms with Gasteiger partial charge in [-0.3, -0.25) is 10.1 Å². The first kappa shape index (κ1) is 16.7. The van der Waals surface area contributed by atoms with E-state index in [2.05, 4.69) is 49.5 Å². The highest BCUT2D eigenvalue weighted by molar-refractivity contribution is 7.10. The van der Waals surface area contributed by atoms with Gasteiger partial charge in [0.25, 0.3) is 0 Å². The average molecular weight is 316 g/mol. The van der Waals surface area contributed by atoms with E-state index in [1.807, 2.05) is 11.4 Å². The topological polar surface area (TPSA) is 55.1 Å². The predicted molar refractivity (Wildman–Crippen MR) is 92.9 cm³/mol. The van der Waals surface area contributed by atoms with Gasteiger partial charge in [0.05, 0.1) is 12.1 Å². The highest BCUT2D eigenvalue weighted by Gasteiger charge is 2.20. The lowest BCUT2D eigenvalue weighted by Gasteiger charge is -2.21. The summed E-state index contributed by atoms with van der Waals surface area (Å²) in [7, 11) is 0. The maximum atomic E-state index is 11.4. The molecule has 0 bridgehead atoms. The highest BCUT2D eigenvalue weighted by Crippen LogP contribution is 2.27.